The van der Waals surface area contributed by atoms with E-state index >= 15 is 0 Å². The van der Waals surface area contributed by atoms with Crippen molar-refractivity contribution in [3.05, 3.63) is 29.8 Å². The minimum absolute atomic E-state index is 0.176. The van der Waals surface area contributed by atoms with Crippen LogP contribution in [0.4, 0.5) is 15.3 Å². The van der Waals surface area contributed by atoms with E-state index in [0.717, 1.165) is 0 Å². The van der Waals surface area contributed by atoms with E-state index in [1.807, 2.05) is 0 Å². The van der Waals surface area contributed by atoms with E-state index in [4.69, 9.17) is 9.47 Å². The number of rotatable bonds is 4. The van der Waals surface area contributed by atoms with Gasteiger partial charge in [-0.25, -0.2) is 9.59 Å². The van der Waals surface area contributed by atoms with Crippen LogP contribution < -0.4 is 10.6 Å². The van der Waals surface area contributed by atoms with Crippen LogP contribution in [0.2, 0.25) is 0 Å². The lowest BCUT2D eigenvalue weighted by molar-refractivity contribution is 0.00868. The summed E-state index contributed by atoms with van der Waals surface area (Å²) in [6.45, 7) is 11.2. The number of carbonyl (C=O) groups excluding carboxylic acids is 3. The minimum Gasteiger partial charge on any atom is -0.444 e. The summed E-state index contributed by atoms with van der Waals surface area (Å²) in [7, 11) is 0. The predicted molar refractivity (Wildman–Crippen MR) is 121 cm³/mol. The van der Waals surface area contributed by atoms with Crippen LogP contribution in [0.1, 0.15) is 58.3 Å². The predicted octanol–water partition coefficient (Wildman–Crippen LogP) is 3.38. The maximum atomic E-state index is 12.8. The van der Waals surface area contributed by atoms with Crippen LogP contribution in [0.3, 0.4) is 0 Å². The van der Waals surface area contributed by atoms with E-state index in [0.29, 0.717) is 24.2 Å². The van der Waals surface area contributed by atoms with Crippen LogP contribution in [0.5, 0.6) is 0 Å². The molecule has 1 fully saturated rings. The van der Waals surface area contributed by atoms with Gasteiger partial charge in [-0.05, 0) is 66.2 Å². The Kier molecular flexibility index (Phi) is 8.12. The zero-order valence-electron chi connectivity index (χ0n) is 19.7. The van der Waals surface area contributed by atoms with Crippen molar-refractivity contribution < 1.29 is 29.0 Å². The Morgan fingerprint density at radius 2 is 1.75 bits per heavy atom. The number of hydrogen-bond donors (Lipinski definition) is 3. The lowest BCUT2D eigenvalue weighted by Crippen LogP contribution is -2.54. The van der Waals surface area contributed by atoms with Gasteiger partial charge in [0.2, 0.25) is 0 Å². The van der Waals surface area contributed by atoms with Gasteiger partial charge in [-0.1, -0.05) is 6.07 Å². The minimum atomic E-state index is -0.632. The molecule has 0 radical (unpaired) electrons. The Balaban J connectivity index is 1.99. The zero-order chi connectivity index (χ0) is 24.1. The van der Waals surface area contributed by atoms with Gasteiger partial charge in [-0.15, -0.1) is 0 Å². The van der Waals surface area contributed by atoms with Crippen LogP contribution in [0.15, 0.2) is 24.3 Å². The summed E-state index contributed by atoms with van der Waals surface area (Å²) in [5.74, 6) is -0.643. The molecule has 9 heteroatoms. The number of likely N-dealkylation sites (tertiary alicyclic amines) is 1. The first-order chi connectivity index (χ1) is 14.8. The molecule has 1 aliphatic heterocycles. The van der Waals surface area contributed by atoms with Gasteiger partial charge in [-0.3, -0.25) is 10.1 Å². The lowest BCUT2D eigenvalue weighted by atomic mass is 9.92. The topological polar surface area (TPSA) is 117 Å². The molecule has 1 saturated heterocycles. The molecule has 9 nitrogen and oxygen atoms in total. The summed E-state index contributed by atoms with van der Waals surface area (Å²) in [4.78, 5) is 38.7. The standard InChI is InChI=1S/C23H35N3O6/c1-22(2,3)31-20(29)24-17-9-7-8-15(12-17)19(28)25-18-10-11-26(13-16(18)14-27)21(30)32-23(4,5)6/h7-9,12,16,18,27H,10-11,13-14H2,1-6H3,(H,24,29)(H,25,28)/t16-,18+/m1/s1. The van der Waals surface area contributed by atoms with Crippen LogP contribution >= 0.6 is 0 Å². The third-order valence-corrected chi connectivity index (χ3v) is 4.71. The third kappa shape index (κ3) is 8.03. The number of aliphatic hydroxyl groups excluding tert-OH is 1. The molecule has 0 bridgehead atoms. The second-order valence-corrected chi connectivity index (χ2v) is 9.95. The van der Waals surface area contributed by atoms with Gasteiger partial charge in [0.15, 0.2) is 0 Å². The van der Waals surface area contributed by atoms with E-state index in [2.05, 4.69) is 10.6 Å². The second kappa shape index (κ2) is 10.2. The summed E-state index contributed by atoms with van der Waals surface area (Å²) < 4.78 is 10.6. The highest BCUT2D eigenvalue weighted by atomic mass is 16.6. The molecule has 0 aromatic heterocycles. The zero-order valence-corrected chi connectivity index (χ0v) is 19.7. The van der Waals surface area contributed by atoms with Gasteiger partial charge in [0.25, 0.3) is 5.91 Å². The van der Waals surface area contributed by atoms with Gasteiger partial charge >= 0.3 is 12.2 Å². The number of ether oxygens (including phenoxy) is 2. The van der Waals surface area contributed by atoms with Crippen molar-refractivity contribution >= 4 is 23.8 Å². The smallest absolute Gasteiger partial charge is 0.412 e. The molecule has 0 spiro atoms. The quantitative estimate of drug-likeness (QED) is 0.649. The van der Waals surface area contributed by atoms with Crippen molar-refractivity contribution in [2.45, 2.75) is 65.2 Å². The Morgan fingerprint density at radius 1 is 1.09 bits per heavy atom. The highest BCUT2D eigenvalue weighted by Crippen LogP contribution is 2.21. The molecular formula is C23H35N3O6. The fourth-order valence-corrected chi connectivity index (χ4v) is 3.31. The maximum Gasteiger partial charge on any atom is 0.412 e. The van der Waals surface area contributed by atoms with E-state index in [9.17, 15) is 19.5 Å². The average Bonchev–Trinajstić information content (AvgIpc) is 2.65. The van der Waals surface area contributed by atoms with Crippen molar-refractivity contribution in [3.8, 4) is 0 Å². The molecule has 0 unspecified atom stereocenters. The molecule has 1 aromatic carbocycles. The van der Waals surface area contributed by atoms with Crippen LogP contribution in [0, 0.1) is 5.92 Å². The Labute approximate surface area is 189 Å². The molecule has 2 atom stereocenters. The molecule has 1 aliphatic rings. The normalized spacial score (nSPS) is 19.2. The summed E-state index contributed by atoms with van der Waals surface area (Å²) in [5.41, 5.74) is -0.433. The number of hydrogen-bond acceptors (Lipinski definition) is 6. The maximum absolute atomic E-state index is 12.8. The third-order valence-electron chi connectivity index (χ3n) is 4.71. The number of amides is 3. The second-order valence-electron chi connectivity index (χ2n) is 9.95. The summed E-state index contributed by atoms with van der Waals surface area (Å²) in [5, 5.41) is 15.4. The molecule has 0 saturated carbocycles. The molecule has 2 rings (SSSR count). The monoisotopic (exact) mass is 449 g/mol. The number of nitrogens with one attached hydrogen (secondary N) is 2. The largest absolute Gasteiger partial charge is 0.444 e. The first-order valence-electron chi connectivity index (χ1n) is 10.8. The molecule has 178 valence electrons. The van der Waals surface area contributed by atoms with Gasteiger partial charge in [-0.2, -0.15) is 0 Å². The SMILES string of the molecule is CC(C)(C)OC(=O)Nc1cccc(C(=O)N[C@H]2CCN(C(=O)OC(C)(C)C)C[C@@H]2CO)c1. The molecule has 32 heavy (non-hydrogen) atoms. The highest BCUT2D eigenvalue weighted by Gasteiger charge is 2.34. The highest BCUT2D eigenvalue weighted by molar-refractivity contribution is 5.96. The molecule has 3 amide bonds. The Morgan fingerprint density at radius 3 is 2.34 bits per heavy atom. The average molecular weight is 450 g/mol. The van der Waals surface area contributed by atoms with E-state index in [1.165, 1.54) is 0 Å². The Bertz CT molecular complexity index is 828. The lowest BCUT2D eigenvalue weighted by Gasteiger charge is -2.38. The van der Waals surface area contributed by atoms with Gasteiger partial charge in [0, 0.05) is 42.9 Å². The molecular weight excluding hydrogens is 414 g/mol. The summed E-state index contributed by atoms with van der Waals surface area (Å²) in [6, 6.07) is 6.23. The molecule has 1 aromatic rings. The summed E-state index contributed by atoms with van der Waals surface area (Å²) >= 11 is 0. The first-order valence-corrected chi connectivity index (χ1v) is 10.8. The number of carbonyl (C=O) groups is 3. The molecule has 3 N–H and O–H groups in total. The van der Waals surface area contributed by atoms with Crippen LogP contribution in [-0.4, -0.2) is 65.0 Å². The fourth-order valence-electron chi connectivity index (χ4n) is 3.31. The molecule has 0 aliphatic carbocycles. The van der Waals surface area contributed by atoms with Crippen molar-refractivity contribution in [2.75, 3.05) is 25.0 Å². The number of benzene rings is 1. The van der Waals surface area contributed by atoms with E-state index in [-0.39, 0.29) is 31.0 Å². The van der Waals surface area contributed by atoms with E-state index in [1.54, 1.807) is 70.7 Å². The summed E-state index contributed by atoms with van der Waals surface area (Å²) in [6.07, 6.45) is -0.543. The number of piperidine rings is 1. The van der Waals surface area contributed by atoms with Gasteiger partial charge in [0.05, 0.1) is 0 Å². The Hall–Kier alpha value is -2.81. The van der Waals surface area contributed by atoms with E-state index < -0.39 is 23.4 Å². The first kappa shape index (κ1) is 25.5. The van der Waals surface area contributed by atoms with Crippen molar-refractivity contribution in [1.82, 2.24) is 10.2 Å². The number of anilines is 1. The molecule has 1 heterocycles. The van der Waals surface area contributed by atoms with Gasteiger partial charge < -0.3 is 24.8 Å². The van der Waals surface area contributed by atoms with Crippen molar-refractivity contribution in [2.24, 2.45) is 5.92 Å². The van der Waals surface area contributed by atoms with Crippen LogP contribution in [0.25, 0.3) is 0 Å². The van der Waals surface area contributed by atoms with Crippen molar-refractivity contribution in [1.29, 1.82) is 0 Å². The van der Waals surface area contributed by atoms with Crippen LogP contribution in [-0.2, 0) is 9.47 Å². The van der Waals surface area contributed by atoms with Crippen molar-refractivity contribution in [3.63, 3.8) is 0 Å². The number of nitrogens with zero attached hydrogens (tertiary/aromatic N) is 1. The van der Waals surface area contributed by atoms with Gasteiger partial charge in [0.1, 0.15) is 11.2 Å². The fraction of sp³-hybridized carbons (Fsp3) is 0.609. The number of aliphatic hydroxyl groups is 1.